The molecule has 116 valence electrons. The highest BCUT2D eigenvalue weighted by Crippen LogP contribution is 2.23. The van der Waals surface area contributed by atoms with E-state index in [1.165, 1.54) is 38.9 Å². The summed E-state index contributed by atoms with van der Waals surface area (Å²) in [5, 5.41) is 3.52. The van der Waals surface area contributed by atoms with Gasteiger partial charge in [-0.15, -0.1) is 0 Å². The first-order valence-electron chi connectivity index (χ1n) is 8.41. The monoisotopic (exact) mass is 288 g/mol. The van der Waals surface area contributed by atoms with Gasteiger partial charge in [0.15, 0.2) is 0 Å². The topological polar surface area (TPSA) is 31.4 Å². The fraction of sp³-hybridized carbons (Fsp3) is 0.706. The Bertz CT molecular complexity index is 422. The SMILES string of the molecule is CC1CN2CCCCC2CN1CCNCc1ccccn1. The molecular formula is C17H28N4. The van der Waals surface area contributed by atoms with Gasteiger partial charge < -0.3 is 5.32 Å². The molecular weight excluding hydrogens is 260 g/mol. The number of piperidine rings is 1. The summed E-state index contributed by atoms with van der Waals surface area (Å²) >= 11 is 0. The molecule has 0 amide bonds. The van der Waals surface area contributed by atoms with E-state index in [4.69, 9.17) is 0 Å². The first kappa shape index (κ1) is 14.9. The lowest BCUT2D eigenvalue weighted by molar-refractivity contribution is 0.0160. The van der Waals surface area contributed by atoms with Crippen molar-refractivity contribution in [3.05, 3.63) is 30.1 Å². The Morgan fingerprint density at radius 3 is 3.10 bits per heavy atom. The standard InChI is InChI=1S/C17H28N4/c1-15-13-21-10-5-3-7-17(21)14-20(15)11-9-18-12-16-6-2-4-8-19-16/h2,4,6,8,15,17-18H,3,5,7,9-14H2,1H3. The molecule has 0 radical (unpaired) electrons. The second-order valence-electron chi connectivity index (χ2n) is 6.49. The van der Waals surface area contributed by atoms with Crippen molar-refractivity contribution >= 4 is 0 Å². The Morgan fingerprint density at radius 2 is 2.24 bits per heavy atom. The van der Waals surface area contributed by atoms with Crippen molar-refractivity contribution in [1.82, 2.24) is 20.1 Å². The maximum Gasteiger partial charge on any atom is 0.0541 e. The van der Waals surface area contributed by atoms with Crippen LogP contribution in [0.3, 0.4) is 0 Å². The molecule has 0 bridgehead atoms. The van der Waals surface area contributed by atoms with Gasteiger partial charge in [-0.2, -0.15) is 0 Å². The molecule has 4 heteroatoms. The number of nitrogens with zero attached hydrogens (tertiary/aromatic N) is 3. The van der Waals surface area contributed by atoms with Crippen LogP contribution < -0.4 is 5.32 Å². The first-order valence-corrected chi connectivity index (χ1v) is 8.41. The predicted octanol–water partition coefficient (Wildman–Crippen LogP) is 1.73. The third-order valence-electron chi connectivity index (χ3n) is 4.92. The molecule has 2 aliphatic heterocycles. The Labute approximate surface area is 128 Å². The van der Waals surface area contributed by atoms with E-state index >= 15 is 0 Å². The van der Waals surface area contributed by atoms with Crippen LogP contribution in [0, 0.1) is 0 Å². The average molecular weight is 288 g/mol. The van der Waals surface area contributed by atoms with Crippen LogP contribution in [0.2, 0.25) is 0 Å². The summed E-state index contributed by atoms with van der Waals surface area (Å²) in [6, 6.07) is 7.60. The molecule has 21 heavy (non-hydrogen) atoms. The van der Waals surface area contributed by atoms with Gasteiger partial charge in [0.05, 0.1) is 5.69 Å². The summed E-state index contributed by atoms with van der Waals surface area (Å²) < 4.78 is 0. The summed E-state index contributed by atoms with van der Waals surface area (Å²) in [7, 11) is 0. The summed E-state index contributed by atoms with van der Waals surface area (Å²) in [6.07, 6.45) is 6.07. The maximum absolute atomic E-state index is 4.35. The number of rotatable bonds is 5. The highest BCUT2D eigenvalue weighted by Gasteiger charge is 2.32. The molecule has 2 saturated heterocycles. The van der Waals surface area contributed by atoms with Gasteiger partial charge in [-0.1, -0.05) is 12.5 Å². The van der Waals surface area contributed by atoms with Gasteiger partial charge >= 0.3 is 0 Å². The lowest BCUT2D eigenvalue weighted by atomic mass is 9.97. The zero-order valence-corrected chi connectivity index (χ0v) is 13.2. The van der Waals surface area contributed by atoms with E-state index in [1.54, 1.807) is 0 Å². The first-order chi connectivity index (χ1) is 10.3. The Balaban J connectivity index is 1.40. The van der Waals surface area contributed by atoms with E-state index in [1.807, 2.05) is 18.3 Å². The van der Waals surface area contributed by atoms with Gasteiger partial charge in [-0.25, -0.2) is 0 Å². The van der Waals surface area contributed by atoms with Crippen molar-refractivity contribution in [3.63, 3.8) is 0 Å². The van der Waals surface area contributed by atoms with Crippen LogP contribution in [0.1, 0.15) is 31.9 Å². The van der Waals surface area contributed by atoms with E-state index in [0.29, 0.717) is 6.04 Å². The summed E-state index contributed by atoms with van der Waals surface area (Å²) in [5.41, 5.74) is 1.13. The zero-order valence-electron chi connectivity index (χ0n) is 13.2. The fourth-order valence-electron chi connectivity index (χ4n) is 3.67. The van der Waals surface area contributed by atoms with E-state index in [9.17, 15) is 0 Å². The number of nitrogens with one attached hydrogen (secondary N) is 1. The minimum absolute atomic E-state index is 0.691. The van der Waals surface area contributed by atoms with Crippen LogP contribution in [0.15, 0.2) is 24.4 Å². The van der Waals surface area contributed by atoms with Crippen LogP contribution in [-0.4, -0.2) is 59.6 Å². The van der Waals surface area contributed by atoms with Crippen molar-refractivity contribution in [1.29, 1.82) is 0 Å². The molecule has 1 aromatic rings. The second-order valence-corrected chi connectivity index (χ2v) is 6.49. The maximum atomic E-state index is 4.35. The highest BCUT2D eigenvalue weighted by molar-refractivity contribution is 5.02. The number of hydrogen-bond donors (Lipinski definition) is 1. The quantitative estimate of drug-likeness (QED) is 0.836. The molecule has 0 saturated carbocycles. The van der Waals surface area contributed by atoms with Gasteiger partial charge in [0.25, 0.3) is 0 Å². The average Bonchev–Trinajstić information content (AvgIpc) is 2.53. The van der Waals surface area contributed by atoms with E-state index in [2.05, 4.69) is 33.1 Å². The number of hydrogen-bond acceptors (Lipinski definition) is 4. The molecule has 4 nitrogen and oxygen atoms in total. The zero-order chi connectivity index (χ0) is 14.5. The summed E-state index contributed by atoms with van der Waals surface area (Å²) in [6.45, 7) is 9.28. The molecule has 0 spiro atoms. The molecule has 2 aliphatic rings. The smallest absolute Gasteiger partial charge is 0.0541 e. The fourth-order valence-corrected chi connectivity index (χ4v) is 3.67. The number of pyridine rings is 1. The van der Waals surface area contributed by atoms with Gasteiger partial charge in [0, 0.05) is 51.0 Å². The Kier molecular flexibility index (Phi) is 5.22. The van der Waals surface area contributed by atoms with Crippen molar-refractivity contribution in [2.24, 2.45) is 0 Å². The van der Waals surface area contributed by atoms with E-state index in [-0.39, 0.29) is 0 Å². The van der Waals surface area contributed by atoms with Crippen LogP contribution in [0.4, 0.5) is 0 Å². The normalized spacial score (nSPS) is 27.5. The van der Waals surface area contributed by atoms with Crippen molar-refractivity contribution in [2.45, 2.75) is 44.8 Å². The largest absolute Gasteiger partial charge is 0.310 e. The summed E-state index contributed by atoms with van der Waals surface area (Å²) in [4.78, 5) is 9.73. The lowest BCUT2D eigenvalue weighted by Gasteiger charge is -2.47. The Morgan fingerprint density at radius 1 is 1.29 bits per heavy atom. The lowest BCUT2D eigenvalue weighted by Crippen LogP contribution is -2.59. The number of piperazine rings is 1. The highest BCUT2D eigenvalue weighted by atomic mass is 15.3. The van der Waals surface area contributed by atoms with Crippen molar-refractivity contribution < 1.29 is 0 Å². The van der Waals surface area contributed by atoms with Gasteiger partial charge in [-0.05, 0) is 38.4 Å². The molecule has 3 heterocycles. The molecule has 1 N–H and O–H groups in total. The third-order valence-corrected chi connectivity index (χ3v) is 4.92. The van der Waals surface area contributed by atoms with Crippen LogP contribution in [0.25, 0.3) is 0 Å². The number of aromatic nitrogens is 1. The van der Waals surface area contributed by atoms with Gasteiger partial charge in [-0.3, -0.25) is 14.8 Å². The molecule has 2 unspecified atom stereocenters. The molecule has 0 aliphatic carbocycles. The number of fused-ring (bicyclic) bond motifs is 1. The van der Waals surface area contributed by atoms with E-state index in [0.717, 1.165) is 31.4 Å². The predicted molar refractivity (Wildman–Crippen MR) is 86.2 cm³/mol. The molecule has 0 aromatic carbocycles. The van der Waals surface area contributed by atoms with Gasteiger partial charge in [0.1, 0.15) is 0 Å². The van der Waals surface area contributed by atoms with E-state index < -0.39 is 0 Å². The minimum atomic E-state index is 0.691. The molecule has 1 aromatic heterocycles. The van der Waals surface area contributed by atoms with Crippen molar-refractivity contribution in [2.75, 3.05) is 32.7 Å². The summed E-state index contributed by atoms with van der Waals surface area (Å²) in [5.74, 6) is 0. The minimum Gasteiger partial charge on any atom is -0.310 e. The van der Waals surface area contributed by atoms with Crippen LogP contribution in [-0.2, 0) is 6.54 Å². The molecule has 2 fully saturated rings. The third kappa shape index (κ3) is 4.02. The Hall–Kier alpha value is -0.970. The van der Waals surface area contributed by atoms with Crippen molar-refractivity contribution in [3.8, 4) is 0 Å². The van der Waals surface area contributed by atoms with Gasteiger partial charge in [0.2, 0.25) is 0 Å². The molecule has 3 rings (SSSR count). The second kappa shape index (κ2) is 7.34. The molecule has 2 atom stereocenters. The van der Waals surface area contributed by atoms with Crippen LogP contribution >= 0.6 is 0 Å². The van der Waals surface area contributed by atoms with Crippen LogP contribution in [0.5, 0.6) is 0 Å².